The molecule has 3 N–H and O–H groups in total. The molecule has 0 aliphatic heterocycles. The normalized spacial score (nSPS) is 15.5. The van der Waals surface area contributed by atoms with E-state index in [2.05, 4.69) is 18.7 Å². The van der Waals surface area contributed by atoms with Gasteiger partial charge in [0.15, 0.2) is 0 Å². The Morgan fingerprint density at radius 3 is 2.00 bits per heavy atom. The number of aliphatic hydroxyl groups excluding tert-OH is 1. The second-order valence-electron chi connectivity index (χ2n) is 3.66. The Morgan fingerprint density at radius 2 is 1.91 bits per heavy atom. The third-order valence-electron chi connectivity index (χ3n) is 2.66. The quantitative estimate of drug-likeness (QED) is 0.603. The van der Waals surface area contributed by atoms with E-state index >= 15 is 0 Å². The molecule has 0 aromatic rings. The molecule has 1 atom stereocenters. The van der Waals surface area contributed by atoms with Gasteiger partial charge in [0.2, 0.25) is 0 Å². The Bertz CT molecular complexity index is 109. The SMILES string of the molecule is CN(C)C(C)(C)[C@@H](CN)CO. The van der Waals surface area contributed by atoms with E-state index in [1.807, 2.05) is 14.1 Å². The number of rotatable bonds is 4. The Morgan fingerprint density at radius 1 is 1.45 bits per heavy atom. The number of nitrogens with zero attached hydrogens (tertiary/aromatic N) is 1. The molecule has 0 aromatic carbocycles. The lowest BCUT2D eigenvalue weighted by Gasteiger charge is -2.38. The average molecular weight is 160 g/mol. The summed E-state index contributed by atoms with van der Waals surface area (Å²) >= 11 is 0. The van der Waals surface area contributed by atoms with Gasteiger partial charge in [-0.15, -0.1) is 0 Å². The molecule has 3 heteroatoms. The lowest BCUT2D eigenvalue weighted by atomic mass is 9.87. The zero-order chi connectivity index (χ0) is 9.07. The summed E-state index contributed by atoms with van der Waals surface area (Å²) in [5.41, 5.74) is 5.50. The first-order valence-electron chi connectivity index (χ1n) is 3.95. The van der Waals surface area contributed by atoms with Crippen molar-refractivity contribution in [1.29, 1.82) is 0 Å². The summed E-state index contributed by atoms with van der Waals surface area (Å²) in [6.45, 7) is 4.85. The second kappa shape index (κ2) is 4.04. The summed E-state index contributed by atoms with van der Waals surface area (Å²) in [7, 11) is 4.00. The number of hydrogen-bond donors (Lipinski definition) is 2. The Hall–Kier alpha value is -0.120. The van der Waals surface area contributed by atoms with Gasteiger partial charge in [0.05, 0.1) is 0 Å². The minimum Gasteiger partial charge on any atom is -0.396 e. The molecule has 0 aromatic heterocycles. The molecule has 0 amide bonds. The highest BCUT2D eigenvalue weighted by Crippen LogP contribution is 2.20. The Balaban J connectivity index is 4.24. The topological polar surface area (TPSA) is 49.5 Å². The van der Waals surface area contributed by atoms with Crippen LogP contribution in [0.2, 0.25) is 0 Å². The van der Waals surface area contributed by atoms with Crippen LogP contribution in [-0.2, 0) is 0 Å². The summed E-state index contributed by atoms with van der Waals surface area (Å²) < 4.78 is 0. The zero-order valence-electron chi connectivity index (χ0n) is 7.96. The van der Waals surface area contributed by atoms with Crippen molar-refractivity contribution in [2.24, 2.45) is 11.7 Å². The van der Waals surface area contributed by atoms with Crippen LogP contribution in [0.5, 0.6) is 0 Å². The molecule has 0 aliphatic rings. The van der Waals surface area contributed by atoms with Crippen LogP contribution in [0.1, 0.15) is 13.8 Å². The first-order chi connectivity index (χ1) is 4.96. The standard InChI is InChI=1S/C8H20N2O/c1-8(2,10(3)4)7(5-9)6-11/h7,11H,5-6,9H2,1-4H3/t7-/m0/s1. The van der Waals surface area contributed by atoms with Gasteiger partial charge in [0, 0.05) is 18.1 Å². The lowest BCUT2D eigenvalue weighted by molar-refractivity contribution is 0.0740. The van der Waals surface area contributed by atoms with Crippen molar-refractivity contribution in [3.05, 3.63) is 0 Å². The smallest absolute Gasteiger partial charge is 0.0488 e. The summed E-state index contributed by atoms with van der Waals surface area (Å²) in [4.78, 5) is 2.08. The molecule has 3 nitrogen and oxygen atoms in total. The molecule has 0 spiro atoms. The van der Waals surface area contributed by atoms with E-state index in [0.717, 1.165) is 0 Å². The van der Waals surface area contributed by atoms with E-state index in [4.69, 9.17) is 10.8 Å². The van der Waals surface area contributed by atoms with Crippen LogP contribution in [0.3, 0.4) is 0 Å². The maximum absolute atomic E-state index is 9.00. The van der Waals surface area contributed by atoms with Gasteiger partial charge < -0.3 is 15.7 Å². The molecule has 0 aliphatic carbocycles. The molecule has 0 fully saturated rings. The predicted octanol–water partition coefficient (Wildman–Crippen LogP) is -0.106. The van der Waals surface area contributed by atoms with Gasteiger partial charge in [-0.05, 0) is 34.5 Å². The van der Waals surface area contributed by atoms with Gasteiger partial charge in [-0.3, -0.25) is 0 Å². The molecule has 0 saturated heterocycles. The minimum atomic E-state index is -0.0243. The summed E-state index contributed by atoms with van der Waals surface area (Å²) in [5, 5.41) is 9.00. The maximum atomic E-state index is 9.00. The number of hydrogen-bond acceptors (Lipinski definition) is 3. The van der Waals surface area contributed by atoms with Crippen LogP contribution < -0.4 is 5.73 Å². The fourth-order valence-corrected chi connectivity index (χ4v) is 0.951. The van der Waals surface area contributed by atoms with Crippen molar-refractivity contribution >= 4 is 0 Å². The average Bonchev–Trinajstić information content (AvgIpc) is 1.89. The highest BCUT2D eigenvalue weighted by molar-refractivity contribution is 4.85. The van der Waals surface area contributed by atoms with Crippen LogP contribution in [-0.4, -0.2) is 42.8 Å². The van der Waals surface area contributed by atoms with Crippen LogP contribution in [0.4, 0.5) is 0 Å². The van der Waals surface area contributed by atoms with E-state index in [1.165, 1.54) is 0 Å². The summed E-state index contributed by atoms with van der Waals surface area (Å²) in [6, 6.07) is 0. The Kier molecular flexibility index (Phi) is 4.00. The molecule has 0 unspecified atom stereocenters. The molecule has 0 saturated carbocycles. The largest absolute Gasteiger partial charge is 0.396 e. The van der Waals surface area contributed by atoms with E-state index in [0.29, 0.717) is 6.54 Å². The van der Waals surface area contributed by atoms with E-state index in [9.17, 15) is 0 Å². The highest BCUT2D eigenvalue weighted by atomic mass is 16.3. The maximum Gasteiger partial charge on any atom is 0.0488 e. The second-order valence-corrected chi connectivity index (χ2v) is 3.66. The van der Waals surface area contributed by atoms with Crippen molar-refractivity contribution in [2.75, 3.05) is 27.2 Å². The highest BCUT2D eigenvalue weighted by Gasteiger charge is 2.29. The first kappa shape index (κ1) is 10.9. The monoisotopic (exact) mass is 160 g/mol. The summed E-state index contributed by atoms with van der Waals surface area (Å²) in [6.07, 6.45) is 0. The third kappa shape index (κ3) is 2.43. The van der Waals surface area contributed by atoms with Crippen molar-refractivity contribution in [3.63, 3.8) is 0 Å². The van der Waals surface area contributed by atoms with Gasteiger partial charge in [-0.25, -0.2) is 0 Å². The fraction of sp³-hybridized carbons (Fsp3) is 1.00. The Labute approximate surface area is 69.2 Å². The van der Waals surface area contributed by atoms with Gasteiger partial charge in [-0.2, -0.15) is 0 Å². The van der Waals surface area contributed by atoms with E-state index in [-0.39, 0.29) is 18.1 Å². The van der Waals surface area contributed by atoms with Crippen molar-refractivity contribution in [3.8, 4) is 0 Å². The molecular formula is C8H20N2O. The first-order valence-corrected chi connectivity index (χ1v) is 3.95. The van der Waals surface area contributed by atoms with Gasteiger partial charge >= 0.3 is 0 Å². The molecule has 0 heterocycles. The lowest BCUT2D eigenvalue weighted by Crippen LogP contribution is -2.49. The van der Waals surface area contributed by atoms with E-state index < -0.39 is 0 Å². The van der Waals surface area contributed by atoms with Gasteiger partial charge in [-0.1, -0.05) is 0 Å². The zero-order valence-corrected chi connectivity index (χ0v) is 7.96. The van der Waals surface area contributed by atoms with Crippen LogP contribution >= 0.6 is 0 Å². The van der Waals surface area contributed by atoms with E-state index in [1.54, 1.807) is 0 Å². The fourth-order valence-electron chi connectivity index (χ4n) is 0.951. The van der Waals surface area contributed by atoms with Gasteiger partial charge in [0.25, 0.3) is 0 Å². The number of nitrogens with two attached hydrogens (primary N) is 1. The molecular weight excluding hydrogens is 140 g/mol. The molecule has 0 bridgehead atoms. The minimum absolute atomic E-state index is 0.0243. The third-order valence-corrected chi connectivity index (χ3v) is 2.66. The molecule has 0 radical (unpaired) electrons. The van der Waals surface area contributed by atoms with Crippen molar-refractivity contribution in [1.82, 2.24) is 4.90 Å². The molecule has 68 valence electrons. The van der Waals surface area contributed by atoms with Crippen LogP contribution in [0.15, 0.2) is 0 Å². The molecule has 11 heavy (non-hydrogen) atoms. The van der Waals surface area contributed by atoms with Crippen molar-refractivity contribution < 1.29 is 5.11 Å². The van der Waals surface area contributed by atoms with Crippen LogP contribution in [0, 0.1) is 5.92 Å². The predicted molar refractivity (Wildman–Crippen MR) is 47.4 cm³/mol. The van der Waals surface area contributed by atoms with Gasteiger partial charge in [0.1, 0.15) is 0 Å². The summed E-state index contributed by atoms with van der Waals surface area (Å²) in [5.74, 6) is 0.150. The van der Waals surface area contributed by atoms with Crippen molar-refractivity contribution in [2.45, 2.75) is 19.4 Å². The van der Waals surface area contributed by atoms with Crippen LogP contribution in [0.25, 0.3) is 0 Å². The number of aliphatic hydroxyl groups is 1. The molecule has 0 rings (SSSR count).